The van der Waals surface area contributed by atoms with E-state index in [0.717, 1.165) is 25.8 Å². The number of carboxylic acids is 2. The number of hydrogen-bond acceptors (Lipinski definition) is 5. The van der Waals surface area contributed by atoms with Gasteiger partial charge in [0.05, 0.1) is 12.5 Å². The number of aromatic nitrogens is 1. The summed E-state index contributed by atoms with van der Waals surface area (Å²) in [4.78, 5) is 34.3. The lowest BCUT2D eigenvalue weighted by molar-refractivity contribution is -0.150. The standard InChI is InChI=1S/C27H36N2O2.C4H4O4/c1-18(2)29-16-21-14-25-23(22-11-8-12-24(29)26(21)22)13-19(15-28(25)3)17-31-27(30)20-9-6-4-5-7-10-20;5-3(6)1-2-4(7)8/h8,11-13,16,18-20,25H,4-7,9-10,14-15,17H2,1-3H3;1-2H,(H,5,6)(H,7,8)/b;2-1-/t19-,25-;/m1./s1. The van der Waals surface area contributed by atoms with E-state index in [1.807, 2.05) is 0 Å². The number of esters is 1. The number of carbonyl (C=O) groups is 3. The van der Waals surface area contributed by atoms with Crippen molar-refractivity contribution >= 4 is 34.4 Å². The maximum Gasteiger partial charge on any atom is 0.328 e. The number of fused-ring (bicyclic) bond motifs is 2. The maximum atomic E-state index is 12.7. The molecule has 8 nitrogen and oxygen atoms in total. The second-order valence-electron chi connectivity index (χ2n) is 11.2. The average molecular weight is 537 g/mol. The number of likely N-dealkylation sites (N-methyl/N-ethyl adjacent to an activating group) is 1. The van der Waals surface area contributed by atoms with Crippen molar-refractivity contribution in [2.24, 2.45) is 11.8 Å². The molecule has 1 aromatic heterocycles. The molecule has 1 fully saturated rings. The molecule has 0 bridgehead atoms. The van der Waals surface area contributed by atoms with Crippen LogP contribution in [0.4, 0.5) is 0 Å². The quantitative estimate of drug-likeness (QED) is 0.292. The zero-order valence-corrected chi connectivity index (χ0v) is 23.1. The molecule has 0 spiro atoms. The average Bonchev–Trinajstić information content (AvgIpc) is 3.07. The highest BCUT2D eigenvalue weighted by Gasteiger charge is 2.35. The van der Waals surface area contributed by atoms with Gasteiger partial charge in [-0.25, -0.2) is 9.59 Å². The van der Waals surface area contributed by atoms with Crippen molar-refractivity contribution in [3.63, 3.8) is 0 Å². The van der Waals surface area contributed by atoms with Crippen LogP contribution in [0, 0.1) is 11.8 Å². The number of carboxylic acid groups (broad SMARTS) is 2. The summed E-state index contributed by atoms with van der Waals surface area (Å²) in [6.07, 6.45) is 13.8. The minimum absolute atomic E-state index is 0.0344. The van der Waals surface area contributed by atoms with Crippen LogP contribution in [-0.4, -0.2) is 63.8 Å². The third-order valence-electron chi connectivity index (χ3n) is 8.04. The molecule has 1 aromatic carbocycles. The minimum atomic E-state index is -1.26. The van der Waals surface area contributed by atoms with Crippen LogP contribution >= 0.6 is 0 Å². The summed E-state index contributed by atoms with van der Waals surface area (Å²) in [5.41, 5.74) is 5.59. The van der Waals surface area contributed by atoms with Gasteiger partial charge in [-0.3, -0.25) is 9.69 Å². The largest absolute Gasteiger partial charge is 0.478 e. The Morgan fingerprint density at radius 3 is 2.33 bits per heavy atom. The monoisotopic (exact) mass is 536 g/mol. The second-order valence-corrected chi connectivity index (χ2v) is 11.2. The normalized spacial score (nSPS) is 21.6. The van der Waals surface area contributed by atoms with Crippen LogP contribution < -0.4 is 0 Å². The van der Waals surface area contributed by atoms with E-state index in [-0.39, 0.29) is 17.8 Å². The van der Waals surface area contributed by atoms with Crippen LogP contribution in [-0.2, 0) is 25.5 Å². The first-order valence-electron chi connectivity index (χ1n) is 14.0. The molecule has 39 heavy (non-hydrogen) atoms. The van der Waals surface area contributed by atoms with Crippen molar-refractivity contribution < 1.29 is 29.3 Å². The summed E-state index contributed by atoms with van der Waals surface area (Å²) in [6.45, 7) is 5.96. The smallest absolute Gasteiger partial charge is 0.328 e. The number of aliphatic carboxylic acids is 2. The molecule has 8 heteroatoms. The highest BCUT2D eigenvalue weighted by atomic mass is 16.5. The Bertz CT molecular complexity index is 1250. The van der Waals surface area contributed by atoms with Crippen LogP contribution in [0.2, 0.25) is 0 Å². The zero-order chi connectivity index (χ0) is 28.1. The van der Waals surface area contributed by atoms with E-state index >= 15 is 0 Å². The highest BCUT2D eigenvalue weighted by Crippen LogP contribution is 2.42. The molecular weight excluding hydrogens is 496 g/mol. The van der Waals surface area contributed by atoms with Crippen LogP contribution in [0.3, 0.4) is 0 Å². The third-order valence-corrected chi connectivity index (χ3v) is 8.04. The molecule has 0 amide bonds. The number of ether oxygens (including phenoxy) is 1. The van der Waals surface area contributed by atoms with Gasteiger partial charge in [-0.05, 0) is 62.9 Å². The predicted octanol–water partition coefficient (Wildman–Crippen LogP) is 5.32. The molecule has 210 valence electrons. The van der Waals surface area contributed by atoms with Crippen molar-refractivity contribution in [1.29, 1.82) is 0 Å². The SMILES string of the molecule is CC(C)n1cc2c3c(cccc31)C1=C[C@@H](COC(=O)C3CCCCCC3)CN(C)[C@@H]1C2.O=C(O)/C=C\C(=O)O. The Labute approximate surface area is 229 Å². The van der Waals surface area contributed by atoms with E-state index in [4.69, 9.17) is 14.9 Å². The first-order chi connectivity index (χ1) is 18.7. The first kappa shape index (κ1) is 28.6. The van der Waals surface area contributed by atoms with Crippen LogP contribution in [0.5, 0.6) is 0 Å². The van der Waals surface area contributed by atoms with Gasteiger partial charge in [0.25, 0.3) is 0 Å². The summed E-state index contributed by atoms with van der Waals surface area (Å²) >= 11 is 0. The minimum Gasteiger partial charge on any atom is -0.478 e. The van der Waals surface area contributed by atoms with Gasteiger partial charge < -0.3 is 19.5 Å². The van der Waals surface area contributed by atoms with E-state index in [0.29, 0.717) is 30.8 Å². The molecule has 2 aromatic rings. The van der Waals surface area contributed by atoms with E-state index in [1.165, 1.54) is 53.3 Å². The summed E-state index contributed by atoms with van der Waals surface area (Å²) in [6, 6.07) is 7.59. The summed E-state index contributed by atoms with van der Waals surface area (Å²) in [5, 5.41) is 17.0. The van der Waals surface area contributed by atoms with E-state index in [9.17, 15) is 14.4 Å². The van der Waals surface area contributed by atoms with Gasteiger partial charge in [0.1, 0.15) is 0 Å². The van der Waals surface area contributed by atoms with Crippen molar-refractivity contribution in [1.82, 2.24) is 9.47 Å². The molecule has 0 saturated heterocycles. The molecule has 2 aliphatic carbocycles. The maximum absolute atomic E-state index is 12.7. The van der Waals surface area contributed by atoms with Crippen molar-refractivity contribution in [2.45, 2.75) is 70.9 Å². The predicted molar refractivity (Wildman–Crippen MR) is 150 cm³/mol. The fraction of sp³-hybridized carbons (Fsp3) is 0.516. The van der Waals surface area contributed by atoms with Gasteiger partial charge in [-0.15, -0.1) is 0 Å². The van der Waals surface area contributed by atoms with Crippen LogP contribution in [0.15, 0.2) is 42.6 Å². The fourth-order valence-electron chi connectivity index (χ4n) is 6.18. The van der Waals surface area contributed by atoms with Gasteiger partial charge >= 0.3 is 17.9 Å². The molecular formula is C31H40N2O6. The van der Waals surface area contributed by atoms with Gasteiger partial charge in [-0.1, -0.05) is 43.9 Å². The number of benzene rings is 1. The number of rotatable bonds is 6. The summed E-state index contributed by atoms with van der Waals surface area (Å²) in [7, 11) is 2.22. The number of nitrogens with zero attached hydrogens (tertiary/aromatic N) is 2. The molecule has 5 rings (SSSR count). The molecule has 2 heterocycles. The lowest BCUT2D eigenvalue weighted by Crippen LogP contribution is -2.43. The van der Waals surface area contributed by atoms with E-state index in [1.54, 1.807) is 0 Å². The molecule has 1 aliphatic heterocycles. The fourth-order valence-corrected chi connectivity index (χ4v) is 6.18. The summed E-state index contributed by atoms with van der Waals surface area (Å²) in [5.74, 6) is -2.10. The molecule has 2 atom stereocenters. The summed E-state index contributed by atoms with van der Waals surface area (Å²) < 4.78 is 8.28. The van der Waals surface area contributed by atoms with E-state index in [2.05, 4.69) is 60.8 Å². The van der Waals surface area contributed by atoms with Gasteiger partial charge in [0, 0.05) is 53.8 Å². The van der Waals surface area contributed by atoms with Gasteiger partial charge in [0.15, 0.2) is 0 Å². The molecule has 0 unspecified atom stereocenters. The Morgan fingerprint density at radius 1 is 1.05 bits per heavy atom. The van der Waals surface area contributed by atoms with Gasteiger partial charge in [0.2, 0.25) is 0 Å². The molecule has 2 N–H and O–H groups in total. The lowest BCUT2D eigenvalue weighted by atomic mass is 9.80. The Morgan fingerprint density at radius 2 is 1.72 bits per heavy atom. The topological polar surface area (TPSA) is 109 Å². The Balaban J connectivity index is 0.000000386. The Hall–Kier alpha value is -3.39. The van der Waals surface area contributed by atoms with E-state index < -0.39 is 11.9 Å². The van der Waals surface area contributed by atoms with Crippen LogP contribution in [0.25, 0.3) is 16.5 Å². The number of carbonyl (C=O) groups excluding carboxylic acids is 1. The lowest BCUT2D eigenvalue weighted by Gasteiger charge is -2.39. The van der Waals surface area contributed by atoms with Crippen molar-refractivity contribution in [3.05, 3.63) is 53.8 Å². The third kappa shape index (κ3) is 6.79. The first-order valence-corrected chi connectivity index (χ1v) is 14.0. The molecule has 1 saturated carbocycles. The van der Waals surface area contributed by atoms with Gasteiger partial charge in [-0.2, -0.15) is 0 Å². The zero-order valence-electron chi connectivity index (χ0n) is 23.1. The second kappa shape index (κ2) is 12.6. The van der Waals surface area contributed by atoms with Crippen LogP contribution in [0.1, 0.15) is 69.5 Å². The number of hydrogen-bond donors (Lipinski definition) is 2. The Kier molecular flexibility index (Phi) is 9.28. The highest BCUT2D eigenvalue weighted by molar-refractivity contribution is 5.98. The van der Waals surface area contributed by atoms with Crippen molar-refractivity contribution in [3.8, 4) is 0 Å². The molecule has 0 radical (unpaired) electrons. The molecule has 3 aliphatic rings. The van der Waals surface area contributed by atoms with Crippen molar-refractivity contribution in [2.75, 3.05) is 20.2 Å².